The Morgan fingerprint density at radius 1 is 1.07 bits per heavy atom. The van der Waals surface area contributed by atoms with E-state index in [0.29, 0.717) is 29.2 Å². The Morgan fingerprint density at radius 3 is 2.50 bits per heavy atom. The Kier molecular flexibility index (Phi) is 9.87. The van der Waals surface area contributed by atoms with E-state index in [1.807, 2.05) is 37.3 Å². The van der Waals surface area contributed by atoms with E-state index in [4.69, 9.17) is 4.74 Å². The molecule has 0 spiro atoms. The van der Waals surface area contributed by atoms with E-state index in [9.17, 15) is 19.5 Å². The number of aliphatic hydroxyl groups is 1. The van der Waals surface area contributed by atoms with Gasteiger partial charge in [0.25, 0.3) is 5.91 Å². The first-order valence-corrected chi connectivity index (χ1v) is 14.1. The predicted molar refractivity (Wildman–Crippen MR) is 155 cm³/mol. The lowest BCUT2D eigenvalue weighted by Gasteiger charge is -2.38. The zero-order chi connectivity index (χ0) is 28.6. The number of carbonyl (C=O) groups is 3. The fourth-order valence-corrected chi connectivity index (χ4v) is 5.21. The monoisotopic (exact) mass is 551 g/mol. The highest BCUT2D eigenvalue weighted by Crippen LogP contribution is 2.31. The molecule has 4 N–H and O–H groups in total. The predicted octanol–water partition coefficient (Wildman–Crippen LogP) is 4.52. The van der Waals surface area contributed by atoms with Gasteiger partial charge in [0.15, 0.2) is 0 Å². The molecule has 1 saturated carbocycles. The minimum atomic E-state index is -0.430. The highest BCUT2D eigenvalue weighted by Gasteiger charge is 2.34. The van der Waals surface area contributed by atoms with Gasteiger partial charge in [-0.15, -0.1) is 0 Å². The number of benzene rings is 2. The summed E-state index contributed by atoms with van der Waals surface area (Å²) in [4.78, 5) is 42.4. The molecule has 1 heterocycles. The number of nitrogens with one attached hydrogen (secondary N) is 3. The summed E-state index contributed by atoms with van der Waals surface area (Å²) in [6.45, 7) is 4.17. The zero-order valence-corrected chi connectivity index (χ0v) is 23.6. The number of urea groups is 2. The van der Waals surface area contributed by atoms with E-state index in [1.54, 1.807) is 42.0 Å². The van der Waals surface area contributed by atoms with Gasteiger partial charge >= 0.3 is 12.1 Å². The van der Waals surface area contributed by atoms with Crippen LogP contribution in [0.3, 0.4) is 0 Å². The maximum absolute atomic E-state index is 13.7. The number of aliphatic hydroxyl groups excluding tert-OH is 1. The van der Waals surface area contributed by atoms with Gasteiger partial charge < -0.3 is 35.6 Å². The van der Waals surface area contributed by atoms with E-state index < -0.39 is 12.1 Å². The molecule has 216 valence electrons. The number of para-hydroxylation sites is 1. The Balaban J connectivity index is 1.53. The van der Waals surface area contributed by atoms with E-state index in [-0.39, 0.29) is 43.1 Å². The summed E-state index contributed by atoms with van der Waals surface area (Å²) in [5, 5.41) is 18.7. The number of carbonyl (C=O) groups excluding carboxylic acids is 3. The van der Waals surface area contributed by atoms with Crippen molar-refractivity contribution < 1.29 is 24.2 Å². The van der Waals surface area contributed by atoms with Gasteiger partial charge in [0.05, 0.1) is 24.8 Å². The Hall–Kier alpha value is -3.79. The first kappa shape index (κ1) is 29.2. The molecule has 0 saturated heterocycles. The summed E-state index contributed by atoms with van der Waals surface area (Å²) in [5.74, 6) is -0.0580. The molecule has 10 heteroatoms. The summed E-state index contributed by atoms with van der Waals surface area (Å²) in [5.41, 5.74) is 1.46. The Labute approximate surface area is 236 Å². The molecule has 2 aliphatic rings. The van der Waals surface area contributed by atoms with Crippen LogP contribution >= 0.6 is 0 Å². The second kappa shape index (κ2) is 13.5. The molecule has 2 aromatic carbocycles. The smallest absolute Gasteiger partial charge is 0.321 e. The molecule has 5 amide bonds. The van der Waals surface area contributed by atoms with Gasteiger partial charge in [-0.2, -0.15) is 0 Å². The van der Waals surface area contributed by atoms with Crippen LogP contribution in [-0.4, -0.2) is 77.8 Å². The molecule has 10 nitrogen and oxygen atoms in total. The molecule has 4 rings (SSSR count). The average Bonchev–Trinajstić information content (AvgIpc) is 2.95. The van der Waals surface area contributed by atoms with Crippen LogP contribution in [0.4, 0.5) is 21.0 Å². The topological polar surface area (TPSA) is 123 Å². The molecule has 0 aromatic heterocycles. The number of hydrogen-bond acceptors (Lipinski definition) is 5. The Bertz CT molecular complexity index is 1170. The van der Waals surface area contributed by atoms with Crippen LogP contribution in [0.5, 0.6) is 5.75 Å². The number of anilines is 2. The van der Waals surface area contributed by atoms with Crippen molar-refractivity contribution in [3.8, 4) is 5.75 Å². The standard InChI is InChI=1S/C30H41N5O5/c1-20-17-35(21(2)19-36)28(37)25-16-24(32-29(38)31-22-10-6-4-7-11-22)14-15-26(25)40-27(20)18-34(3)30(39)33-23-12-8-5-9-13-23/h5,8-9,12-16,20-22,27,36H,4,6-7,10-11,17-19H2,1-3H3,(H,33,39)(H2,31,32,38)/t20-,21+,27-/m0/s1. The molecular weight excluding hydrogens is 510 g/mol. The van der Waals surface area contributed by atoms with Crippen LogP contribution < -0.4 is 20.7 Å². The number of fused-ring (bicyclic) bond motifs is 1. The minimum absolute atomic E-state index is 0.142. The zero-order valence-electron chi connectivity index (χ0n) is 23.6. The van der Waals surface area contributed by atoms with Crippen LogP contribution in [-0.2, 0) is 0 Å². The number of rotatable bonds is 7. The third-order valence-electron chi connectivity index (χ3n) is 7.69. The van der Waals surface area contributed by atoms with E-state index in [0.717, 1.165) is 25.7 Å². The minimum Gasteiger partial charge on any atom is -0.487 e. The molecule has 1 aliphatic carbocycles. The summed E-state index contributed by atoms with van der Waals surface area (Å²) < 4.78 is 6.37. The van der Waals surface area contributed by atoms with Crippen molar-refractivity contribution in [3.05, 3.63) is 54.1 Å². The van der Waals surface area contributed by atoms with Gasteiger partial charge in [0.1, 0.15) is 11.9 Å². The maximum atomic E-state index is 13.7. The van der Waals surface area contributed by atoms with Crippen LogP contribution in [0.25, 0.3) is 0 Å². The highest BCUT2D eigenvalue weighted by molar-refractivity contribution is 5.99. The second-order valence-corrected chi connectivity index (χ2v) is 10.9. The number of amides is 5. The van der Waals surface area contributed by atoms with Gasteiger partial charge in [-0.3, -0.25) is 4.79 Å². The van der Waals surface area contributed by atoms with Gasteiger partial charge in [-0.05, 0) is 50.1 Å². The maximum Gasteiger partial charge on any atom is 0.321 e. The second-order valence-electron chi connectivity index (χ2n) is 10.9. The normalized spacial score (nSPS) is 20.3. The molecule has 1 aliphatic heterocycles. The van der Waals surface area contributed by atoms with Gasteiger partial charge in [-0.1, -0.05) is 44.4 Å². The van der Waals surface area contributed by atoms with Crippen LogP contribution in [0.1, 0.15) is 56.3 Å². The molecule has 0 unspecified atom stereocenters. The van der Waals surface area contributed by atoms with E-state index in [1.165, 1.54) is 6.42 Å². The number of nitrogens with zero attached hydrogens (tertiary/aromatic N) is 2. The third-order valence-corrected chi connectivity index (χ3v) is 7.69. The molecule has 0 radical (unpaired) electrons. The summed E-state index contributed by atoms with van der Waals surface area (Å²) in [7, 11) is 1.70. The van der Waals surface area contributed by atoms with Crippen molar-refractivity contribution in [1.29, 1.82) is 0 Å². The van der Waals surface area contributed by atoms with Crippen molar-refractivity contribution >= 4 is 29.3 Å². The van der Waals surface area contributed by atoms with Gasteiger partial charge in [0, 0.05) is 36.9 Å². The molecule has 40 heavy (non-hydrogen) atoms. The highest BCUT2D eigenvalue weighted by atomic mass is 16.5. The van der Waals surface area contributed by atoms with Crippen molar-refractivity contribution in [2.75, 3.05) is 37.4 Å². The quantitative estimate of drug-likeness (QED) is 0.403. The van der Waals surface area contributed by atoms with E-state index in [2.05, 4.69) is 16.0 Å². The van der Waals surface area contributed by atoms with Crippen molar-refractivity contribution in [2.24, 2.45) is 5.92 Å². The molecule has 2 aromatic rings. The number of likely N-dealkylation sites (N-methyl/N-ethyl adjacent to an activating group) is 1. The molecule has 1 fully saturated rings. The molecule has 3 atom stereocenters. The third kappa shape index (κ3) is 7.44. The lowest BCUT2D eigenvalue weighted by Crippen LogP contribution is -2.50. The fourth-order valence-electron chi connectivity index (χ4n) is 5.21. The van der Waals surface area contributed by atoms with Crippen molar-refractivity contribution in [2.45, 2.75) is 64.1 Å². The number of hydrogen-bond donors (Lipinski definition) is 4. The van der Waals surface area contributed by atoms with Crippen molar-refractivity contribution in [3.63, 3.8) is 0 Å². The first-order chi connectivity index (χ1) is 19.2. The lowest BCUT2D eigenvalue weighted by molar-refractivity contribution is 0.0371. The van der Waals surface area contributed by atoms with Crippen molar-refractivity contribution in [1.82, 2.24) is 15.1 Å². The molecule has 0 bridgehead atoms. The van der Waals surface area contributed by atoms with Gasteiger partial charge in [0.2, 0.25) is 0 Å². The Morgan fingerprint density at radius 2 is 1.80 bits per heavy atom. The largest absolute Gasteiger partial charge is 0.487 e. The average molecular weight is 552 g/mol. The first-order valence-electron chi connectivity index (χ1n) is 14.1. The SMILES string of the molecule is C[C@H](CO)N1C[C@H](C)[C@H](CN(C)C(=O)Nc2ccccc2)Oc2ccc(NC(=O)NC3CCCCC3)cc2C1=O. The fraction of sp³-hybridized carbons (Fsp3) is 0.500. The number of ether oxygens (including phenoxy) is 1. The van der Waals surface area contributed by atoms with Crippen LogP contribution in [0.2, 0.25) is 0 Å². The summed E-state index contributed by atoms with van der Waals surface area (Å²) in [6, 6.07) is 13.4. The van der Waals surface area contributed by atoms with Crippen LogP contribution in [0, 0.1) is 5.92 Å². The molecular formula is C30H41N5O5. The summed E-state index contributed by atoms with van der Waals surface area (Å²) in [6.07, 6.45) is 4.92. The van der Waals surface area contributed by atoms with Gasteiger partial charge in [-0.25, -0.2) is 9.59 Å². The van der Waals surface area contributed by atoms with Crippen LogP contribution in [0.15, 0.2) is 48.5 Å². The lowest BCUT2D eigenvalue weighted by atomic mass is 9.96. The van der Waals surface area contributed by atoms with E-state index >= 15 is 0 Å². The summed E-state index contributed by atoms with van der Waals surface area (Å²) >= 11 is 0.